The lowest BCUT2D eigenvalue weighted by Crippen LogP contribution is -1.92. The zero-order valence-corrected chi connectivity index (χ0v) is 12.3. The minimum Gasteiger partial charge on any atom is -0.391 e. The zero-order valence-electron chi connectivity index (χ0n) is 12.3. The summed E-state index contributed by atoms with van der Waals surface area (Å²) in [5.74, 6) is 0.392. The van der Waals surface area contributed by atoms with Crippen LogP contribution in [0.15, 0.2) is 72.1 Å². The maximum Gasteiger partial charge on any atom is 0.159 e. The molecule has 0 saturated carbocycles. The number of oxime groups is 1. The van der Waals surface area contributed by atoms with Crippen LogP contribution >= 0.6 is 0 Å². The molecule has 4 nitrogen and oxygen atoms in total. The zero-order chi connectivity index (χ0) is 15.9. The van der Waals surface area contributed by atoms with Gasteiger partial charge < -0.3 is 4.84 Å². The van der Waals surface area contributed by atoms with Gasteiger partial charge in [-0.05, 0) is 17.7 Å². The number of rotatable bonds is 5. The Morgan fingerprint density at radius 2 is 1.65 bits per heavy atom. The normalized spacial score (nSPS) is 10.8. The number of hydrogen-bond acceptors (Lipinski definition) is 4. The van der Waals surface area contributed by atoms with Crippen molar-refractivity contribution in [2.75, 3.05) is 0 Å². The third kappa shape index (κ3) is 4.20. The van der Waals surface area contributed by atoms with Crippen LogP contribution in [0, 0.1) is 5.82 Å². The van der Waals surface area contributed by atoms with Crippen molar-refractivity contribution in [3.8, 4) is 11.4 Å². The van der Waals surface area contributed by atoms with Crippen LogP contribution in [0.2, 0.25) is 0 Å². The van der Waals surface area contributed by atoms with Crippen LogP contribution < -0.4 is 0 Å². The summed E-state index contributed by atoms with van der Waals surface area (Å²) >= 11 is 0. The molecule has 3 aromatic rings. The van der Waals surface area contributed by atoms with E-state index in [1.54, 1.807) is 24.5 Å². The summed E-state index contributed by atoms with van der Waals surface area (Å²) in [5, 5.41) is 3.86. The Kier molecular flexibility index (Phi) is 4.69. The second-order valence-corrected chi connectivity index (χ2v) is 4.84. The van der Waals surface area contributed by atoms with Crippen LogP contribution in [-0.2, 0) is 11.4 Å². The van der Waals surface area contributed by atoms with Gasteiger partial charge in [0.25, 0.3) is 0 Å². The van der Waals surface area contributed by atoms with Crippen molar-refractivity contribution in [2.24, 2.45) is 5.16 Å². The van der Waals surface area contributed by atoms with E-state index in [1.165, 1.54) is 18.3 Å². The molecule has 0 spiro atoms. The van der Waals surface area contributed by atoms with Gasteiger partial charge in [-0.25, -0.2) is 14.4 Å². The summed E-state index contributed by atoms with van der Waals surface area (Å²) in [6, 6.07) is 15.8. The fourth-order valence-electron chi connectivity index (χ4n) is 1.93. The summed E-state index contributed by atoms with van der Waals surface area (Å²) in [7, 11) is 0. The molecule has 5 heteroatoms. The molecule has 0 aliphatic carbocycles. The SMILES string of the molecule is Fc1ccc(CO/N=C/c2cnc(-c3ccccc3)nc2)cc1. The van der Waals surface area contributed by atoms with E-state index in [1.807, 2.05) is 30.3 Å². The first-order valence-electron chi connectivity index (χ1n) is 7.08. The van der Waals surface area contributed by atoms with E-state index in [4.69, 9.17) is 4.84 Å². The lowest BCUT2D eigenvalue weighted by Gasteiger charge is -2.00. The van der Waals surface area contributed by atoms with Crippen LogP contribution in [0.25, 0.3) is 11.4 Å². The third-order valence-corrected chi connectivity index (χ3v) is 3.12. The first-order chi connectivity index (χ1) is 11.3. The van der Waals surface area contributed by atoms with Gasteiger partial charge in [-0.15, -0.1) is 0 Å². The van der Waals surface area contributed by atoms with Crippen LogP contribution in [0.3, 0.4) is 0 Å². The van der Waals surface area contributed by atoms with Gasteiger partial charge in [-0.2, -0.15) is 0 Å². The first-order valence-corrected chi connectivity index (χ1v) is 7.08. The molecule has 0 radical (unpaired) electrons. The lowest BCUT2D eigenvalue weighted by molar-refractivity contribution is 0.132. The van der Waals surface area contributed by atoms with Crippen molar-refractivity contribution in [3.05, 3.63) is 83.9 Å². The summed E-state index contributed by atoms with van der Waals surface area (Å²) in [5.41, 5.74) is 2.55. The highest BCUT2D eigenvalue weighted by Gasteiger charge is 1.99. The minimum atomic E-state index is -0.270. The predicted octanol–water partition coefficient (Wildman–Crippen LogP) is 3.83. The van der Waals surface area contributed by atoms with Crippen LogP contribution in [-0.4, -0.2) is 16.2 Å². The third-order valence-electron chi connectivity index (χ3n) is 3.12. The molecule has 0 saturated heterocycles. The van der Waals surface area contributed by atoms with Crippen molar-refractivity contribution in [3.63, 3.8) is 0 Å². The van der Waals surface area contributed by atoms with E-state index >= 15 is 0 Å². The summed E-state index contributed by atoms with van der Waals surface area (Å²) in [6.07, 6.45) is 4.90. The van der Waals surface area contributed by atoms with E-state index in [9.17, 15) is 4.39 Å². The Hall–Kier alpha value is -3.08. The monoisotopic (exact) mass is 307 g/mol. The second-order valence-electron chi connectivity index (χ2n) is 4.84. The second kappa shape index (κ2) is 7.26. The summed E-state index contributed by atoms with van der Waals surface area (Å²) in [6.45, 7) is 0.278. The van der Waals surface area contributed by atoms with Gasteiger partial charge >= 0.3 is 0 Å². The molecule has 114 valence electrons. The molecule has 0 bridgehead atoms. The van der Waals surface area contributed by atoms with E-state index in [-0.39, 0.29) is 12.4 Å². The highest BCUT2D eigenvalue weighted by Crippen LogP contribution is 2.12. The Morgan fingerprint density at radius 3 is 2.35 bits per heavy atom. The van der Waals surface area contributed by atoms with Gasteiger partial charge in [0.1, 0.15) is 12.4 Å². The molecule has 3 rings (SSSR count). The molecule has 0 N–H and O–H groups in total. The molecule has 0 fully saturated rings. The topological polar surface area (TPSA) is 47.4 Å². The van der Waals surface area contributed by atoms with Gasteiger partial charge in [-0.3, -0.25) is 0 Å². The molecule has 0 amide bonds. The molecule has 2 aromatic carbocycles. The van der Waals surface area contributed by atoms with E-state index in [0.717, 1.165) is 16.7 Å². The Balaban J connectivity index is 1.56. The molecule has 23 heavy (non-hydrogen) atoms. The number of nitrogens with zero attached hydrogens (tertiary/aromatic N) is 3. The molecule has 0 aliphatic rings. The molecule has 0 unspecified atom stereocenters. The molecule has 0 atom stereocenters. The van der Waals surface area contributed by atoms with Crippen LogP contribution in [0.4, 0.5) is 4.39 Å². The highest BCUT2D eigenvalue weighted by atomic mass is 19.1. The fourth-order valence-corrected chi connectivity index (χ4v) is 1.93. The van der Waals surface area contributed by atoms with Crippen molar-refractivity contribution in [1.82, 2.24) is 9.97 Å². The van der Waals surface area contributed by atoms with Crippen LogP contribution in [0.1, 0.15) is 11.1 Å². The maximum absolute atomic E-state index is 12.8. The van der Waals surface area contributed by atoms with Crippen LogP contribution in [0.5, 0.6) is 0 Å². The largest absolute Gasteiger partial charge is 0.391 e. The summed E-state index contributed by atoms with van der Waals surface area (Å²) < 4.78 is 12.8. The quantitative estimate of drug-likeness (QED) is 0.531. The Morgan fingerprint density at radius 1 is 0.957 bits per heavy atom. The van der Waals surface area contributed by atoms with Gasteiger partial charge in [0.2, 0.25) is 0 Å². The van der Waals surface area contributed by atoms with Gasteiger partial charge in [0, 0.05) is 23.5 Å². The highest BCUT2D eigenvalue weighted by molar-refractivity contribution is 5.78. The van der Waals surface area contributed by atoms with E-state index in [0.29, 0.717) is 5.82 Å². The molecule has 1 aromatic heterocycles. The Bertz CT molecular complexity index is 772. The number of hydrogen-bond donors (Lipinski definition) is 0. The average Bonchev–Trinajstić information content (AvgIpc) is 2.62. The lowest BCUT2D eigenvalue weighted by atomic mass is 10.2. The van der Waals surface area contributed by atoms with Crippen molar-refractivity contribution in [1.29, 1.82) is 0 Å². The number of benzene rings is 2. The smallest absolute Gasteiger partial charge is 0.159 e. The molecular formula is C18H14FN3O. The standard InChI is InChI=1S/C18H14FN3O/c19-17-8-6-14(7-9-17)13-23-22-12-15-10-20-18(21-11-15)16-4-2-1-3-5-16/h1-12H,13H2/b22-12+. The minimum absolute atomic E-state index is 0.270. The summed E-state index contributed by atoms with van der Waals surface area (Å²) in [4.78, 5) is 13.8. The van der Waals surface area contributed by atoms with Crippen molar-refractivity contribution in [2.45, 2.75) is 6.61 Å². The average molecular weight is 307 g/mol. The van der Waals surface area contributed by atoms with Crippen molar-refractivity contribution < 1.29 is 9.23 Å². The number of aromatic nitrogens is 2. The molecular weight excluding hydrogens is 293 g/mol. The van der Waals surface area contributed by atoms with Gasteiger partial charge in [0.15, 0.2) is 5.82 Å². The first kappa shape index (κ1) is 14.8. The number of halogens is 1. The van der Waals surface area contributed by atoms with Gasteiger partial charge in [0.05, 0.1) is 6.21 Å². The van der Waals surface area contributed by atoms with Crippen molar-refractivity contribution >= 4 is 6.21 Å². The predicted molar refractivity (Wildman–Crippen MR) is 86.3 cm³/mol. The Labute approximate surface area is 133 Å². The fraction of sp³-hybridized carbons (Fsp3) is 0.0556. The molecule has 0 aliphatic heterocycles. The van der Waals surface area contributed by atoms with E-state index in [2.05, 4.69) is 15.1 Å². The van der Waals surface area contributed by atoms with E-state index < -0.39 is 0 Å². The van der Waals surface area contributed by atoms with Gasteiger partial charge in [-0.1, -0.05) is 47.6 Å². The maximum atomic E-state index is 12.8. The molecule has 1 heterocycles.